The first-order valence-corrected chi connectivity index (χ1v) is 9.68. The summed E-state index contributed by atoms with van der Waals surface area (Å²) in [6, 6.07) is 12.3. The molecule has 0 saturated carbocycles. The second kappa shape index (κ2) is 7.79. The molecule has 0 aliphatic carbocycles. The van der Waals surface area contributed by atoms with Crippen molar-refractivity contribution in [2.45, 2.75) is 13.0 Å². The molecule has 0 radical (unpaired) electrons. The summed E-state index contributed by atoms with van der Waals surface area (Å²) in [5, 5.41) is 10.8. The van der Waals surface area contributed by atoms with Gasteiger partial charge in [-0.1, -0.05) is 12.1 Å². The molecule has 1 atom stereocenters. The van der Waals surface area contributed by atoms with Crippen LogP contribution in [0.4, 0.5) is 11.8 Å². The Hall–Kier alpha value is -4.40. The first-order valence-electron chi connectivity index (χ1n) is 9.68. The van der Waals surface area contributed by atoms with Crippen molar-refractivity contribution in [1.82, 2.24) is 29.7 Å². The van der Waals surface area contributed by atoms with Crippen molar-refractivity contribution in [3.63, 3.8) is 0 Å². The van der Waals surface area contributed by atoms with Crippen LogP contribution in [0.15, 0.2) is 84.7 Å². The topological polar surface area (TPSA) is 111 Å². The SMILES string of the molecule is CC1=C(C(=O)Nc2ccccn2)C(c2cccnc2)n2nc(-c3cccnc3)nc2N1. The summed E-state index contributed by atoms with van der Waals surface area (Å²) in [7, 11) is 0. The van der Waals surface area contributed by atoms with Crippen LogP contribution in [0.25, 0.3) is 11.4 Å². The summed E-state index contributed by atoms with van der Waals surface area (Å²) < 4.78 is 1.71. The lowest BCUT2D eigenvalue weighted by Gasteiger charge is -2.28. The fraction of sp³-hybridized carbons (Fsp3) is 0.0909. The Bertz CT molecular complexity index is 1250. The molecule has 1 aliphatic rings. The number of nitrogens with one attached hydrogen (secondary N) is 2. The van der Waals surface area contributed by atoms with Gasteiger partial charge in [-0.25, -0.2) is 9.67 Å². The van der Waals surface area contributed by atoms with Gasteiger partial charge in [0.1, 0.15) is 11.9 Å². The number of aromatic nitrogens is 6. The Kier molecular flexibility index (Phi) is 4.68. The van der Waals surface area contributed by atoms with Crippen LogP contribution in [0.5, 0.6) is 0 Å². The van der Waals surface area contributed by atoms with E-state index in [-0.39, 0.29) is 5.91 Å². The van der Waals surface area contributed by atoms with Gasteiger partial charge in [0.25, 0.3) is 5.91 Å². The molecule has 1 aliphatic heterocycles. The van der Waals surface area contributed by atoms with Gasteiger partial charge in [0.15, 0.2) is 5.82 Å². The van der Waals surface area contributed by atoms with Crippen LogP contribution in [0.1, 0.15) is 18.5 Å². The predicted octanol–water partition coefficient (Wildman–Crippen LogP) is 3.06. The second-order valence-electron chi connectivity index (χ2n) is 6.97. The van der Waals surface area contributed by atoms with Gasteiger partial charge in [0, 0.05) is 42.2 Å². The van der Waals surface area contributed by atoms with E-state index in [1.807, 2.05) is 37.3 Å². The van der Waals surface area contributed by atoms with E-state index >= 15 is 0 Å². The number of anilines is 2. The Balaban J connectivity index is 1.60. The third-order valence-electron chi connectivity index (χ3n) is 4.92. The van der Waals surface area contributed by atoms with E-state index < -0.39 is 6.04 Å². The highest BCUT2D eigenvalue weighted by Crippen LogP contribution is 2.36. The van der Waals surface area contributed by atoms with E-state index in [1.165, 1.54) is 0 Å². The zero-order chi connectivity index (χ0) is 21.2. The van der Waals surface area contributed by atoms with Gasteiger partial charge < -0.3 is 10.6 Å². The molecule has 0 fully saturated rings. The van der Waals surface area contributed by atoms with Crippen LogP contribution >= 0.6 is 0 Å². The van der Waals surface area contributed by atoms with E-state index in [0.717, 1.165) is 11.1 Å². The van der Waals surface area contributed by atoms with Crippen LogP contribution < -0.4 is 10.6 Å². The third kappa shape index (κ3) is 3.52. The van der Waals surface area contributed by atoms with Crippen LogP contribution in [0, 0.1) is 0 Å². The number of carbonyl (C=O) groups is 1. The molecule has 1 unspecified atom stereocenters. The number of allylic oxidation sites excluding steroid dienone is 1. The maximum absolute atomic E-state index is 13.3. The largest absolute Gasteiger partial charge is 0.328 e. The van der Waals surface area contributed by atoms with E-state index in [1.54, 1.807) is 47.8 Å². The van der Waals surface area contributed by atoms with Crippen molar-refractivity contribution in [2.24, 2.45) is 0 Å². The molecule has 5 rings (SSSR count). The molecule has 9 nitrogen and oxygen atoms in total. The van der Waals surface area contributed by atoms with E-state index in [4.69, 9.17) is 5.10 Å². The second-order valence-corrected chi connectivity index (χ2v) is 6.97. The monoisotopic (exact) mass is 410 g/mol. The summed E-state index contributed by atoms with van der Waals surface area (Å²) >= 11 is 0. The maximum Gasteiger partial charge on any atom is 0.257 e. The fourth-order valence-electron chi connectivity index (χ4n) is 3.53. The molecule has 152 valence electrons. The zero-order valence-corrected chi connectivity index (χ0v) is 16.6. The Morgan fingerprint density at radius 2 is 1.87 bits per heavy atom. The van der Waals surface area contributed by atoms with Crippen molar-refractivity contribution in [2.75, 3.05) is 10.6 Å². The Morgan fingerprint density at radius 3 is 2.58 bits per heavy atom. The van der Waals surface area contributed by atoms with Gasteiger partial charge in [0.2, 0.25) is 5.95 Å². The molecule has 9 heteroatoms. The molecule has 0 spiro atoms. The minimum Gasteiger partial charge on any atom is -0.328 e. The molecule has 0 saturated heterocycles. The van der Waals surface area contributed by atoms with Crippen molar-refractivity contribution in [1.29, 1.82) is 0 Å². The average Bonchev–Trinajstić information content (AvgIpc) is 3.23. The number of carbonyl (C=O) groups excluding carboxylic acids is 1. The van der Waals surface area contributed by atoms with Gasteiger partial charge in [-0.15, -0.1) is 5.10 Å². The molecular formula is C22H18N8O. The Labute approximate surface area is 177 Å². The van der Waals surface area contributed by atoms with Crippen LogP contribution in [-0.4, -0.2) is 35.6 Å². The Morgan fingerprint density at radius 1 is 1.03 bits per heavy atom. The van der Waals surface area contributed by atoms with Crippen LogP contribution in [0.2, 0.25) is 0 Å². The summed E-state index contributed by atoms with van der Waals surface area (Å²) in [4.78, 5) is 30.5. The highest BCUT2D eigenvalue weighted by Gasteiger charge is 2.34. The molecule has 1 amide bonds. The molecular weight excluding hydrogens is 392 g/mol. The number of hydrogen-bond acceptors (Lipinski definition) is 7. The minimum absolute atomic E-state index is 0.276. The highest BCUT2D eigenvalue weighted by molar-refractivity contribution is 6.05. The molecule has 2 N–H and O–H groups in total. The maximum atomic E-state index is 13.3. The quantitative estimate of drug-likeness (QED) is 0.532. The van der Waals surface area contributed by atoms with E-state index in [0.29, 0.717) is 28.9 Å². The van der Waals surface area contributed by atoms with Gasteiger partial charge >= 0.3 is 0 Å². The van der Waals surface area contributed by atoms with Gasteiger partial charge in [0.05, 0.1) is 5.57 Å². The molecule has 31 heavy (non-hydrogen) atoms. The lowest BCUT2D eigenvalue weighted by molar-refractivity contribution is -0.113. The number of hydrogen-bond donors (Lipinski definition) is 2. The van der Waals surface area contributed by atoms with Gasteiger partial charge in [-0.05, 0) is 42.8 Å². The summed E-state index contributed by atoms with van der Waals surface area (Å²) in [5.41, 5.74) is 2.79. The van der Waals surface area contributed by atoms with Gasteiger partial charge in [-0.3, -0.25) is 14.8 Å². The van der Waals surface area contributed by atoms with Crippen molar-refractivity contribution in [3.05, 3.63) is 90.3 Å². The number of fused-ring (bicyclic) bond motifs is 1. The molecule has 5 heterocycles. The number of amides is 1. The lowest BCUT2D eigenvalue weighted by atomic mass is 9.96. The number of nitrogens with zero attached hydrogens (tertiary/aromatic N) is 6. The smallest absolute Gasteiger partial charge is 0.257 e. The summed E-state index contributed by atoms with van der Waals surface area (Å²) in [6.45, 7) is 1.85. The van der Waals surface area contributed by atoms with Crippen molar-refractivity contribution < 1.29 is 4.79 Å². The highest BCUT2D eigenvalue weighted by atomic mass is 16.1. The molecule has 0 bridgehead atoms. The minimum atomic E-state index is -0.508. The van der Waals surface area contributed by atoms with Crippen LogP contribution in [-0.2, 0) is 4.79 Å². The standard InChI is InChI=1S/C22H18N8O/c1-14-18(21(31)27-17-8-2-3-11-25-17)19(15-6-4-9-23-12-15)30-22(26-14)28-20(29-30)16-7-5-10-24-13-16/h2-13,19H,1H3,(H,25,27,31)(H,26,28,29). The zero-order valence-electron chi connectivity index (χ0n) is 16.6. The molecule has 0 aromatic carbocycles. The average molecular weight is 410 g/mol. The number of rotatable bonds is 4. The molecule has 4 aromatic heterocycles. The molecule has 4 aromatic rings. The first-order chi connectivity index (χ1) is 15.2. The van der Waals surface area contributed by atoms with Crippen molar-refractivity contribution >= 4 is 17.7 Å². The summed E-state index contributed by atoms with van der Waals surface area (Å²) in [6.07, 6.45) is 8.45. The van der Waals surface area contributed by atoms with E-state index in [2.05, 4.69) is 30.6 Å². The predicted molar refractivity (Wildman–Crippen MR) is 115 cm³/mol. The normalized spacial score (nSPS) is 15.2. The first kappa shape index (κ1) is 18.6. The summed E-state index contributed by atoms with van der Waals surface area (Å²) in [5.74, 6) is 1.25. The van der Waals surface area contributed by atoms with E-state index in [9.17, 15) is 4.79 Å². The van der Waals surface area contributed by atoms with Crippen molar-refractivity contribution in [3.8, 4) is 11.4 Å². The van der Waals surface area contributed by atoms with Gasteiger partial charge in [-0.2, -0.15) is 4.98 Å². The lowest BCUT2D eigenvalue weighted by Crippen LogP contribution is -2.31. The third-order valence-corrected chi connectivity index (χ3v) is 4.92. The number of pyridine rings is 3. The van der Waals surface area contributed by atoms with Crippen LogP contribution in [0.3, 0.4) is 0 Å². The fourth-order valence-corrected chi connectivity index (χ4v) is 3.53.